The van der Waals surface area contributed by atoms with Crippen molar-refractivity contribution in [2.75, 3.05) is 0 Å². The Hall–Kier alpha value is -0.980. The molecule has 0 aromatic rings. The van der Waals surface area contributed by atoms with Crippen molar-refractivity contribution in [1.29, 1.82) is 0 Å². The smallest absolute Gasteiger partial charge is 0.0719 e. The molecule has 1 N–H and O–H groups in total. The van der Waals surface area contributed by atoms with Crippen LogP contribution in [0, 0.1) is 0 Å². The molecule has 0 fully saturated rings. The van der Waals surface area contributed by atoms with Crippen molar-refractivity contribution in [2.24, 2.45) is 0 Å². The van der Waals surface area contributed by atoms with Crippen molar-refractivity contribution in [2.45, 2.75) is 0 Å². The highest BCUT2D eigenvalue weighted by Gasteiger charge is 1.29. The lowest BCUT2D eigenvalue weighted by molar-refractivity contribution is 0.476. The van der Waals surface area contributed by atoms with E-state index in [-0.39, 0.29) is 0 Å². The number of hydrogen-bond donors (Lipinski definition) is 1. The first kappa shape index (κ1) is 9.39. The molecule has 0 aromatic heterocycles. The van der Waals surface area contributed by atoms with Gasteiger partial charge < -0.3 is 5.11 Å². The van der Waals surface area contributed by atoms with E-state index in [0.29, 0.717) is 0 Å². The fourth-order valence-electron chi connectivity index (χ4n) is 0. The monoisotopic (exact) mass is 98.1 g/mol. The van der Waals surface area contributed by atoms with Gasteiger partial charge in [-0.2, -0.15) is 0 Å². The Morgan fingerprint density at radius 1 is 1.00 bits per heavy atom. The molecule has 0 saturated carbocycles. The molecule has 0 aliphatic rings. The molecule has 0 radical (unpaired) electrons. The Bertz CT molecular complexity index is 49.2. The standard InChI is InChI=1S/C4H6.C2H4O/c1-3-4-2;1-2-3/h3-4H,1-2H2;2-3H,1H2. The van der Waals surface area contributed by atoms with Crippen molar-refractivity contribution in [3.05, 3.63) is 38.2 Å². The fourth-order valence-corrected chi connectivity index (χ4v) is 0. The van der Waals surface area contributed by atoms with E-state index in [0.717, 1.165) is 6.26 Å². The van der Waals surface area contributed by atoms with Gasteiger partial charge >= 0.3 is 0 Å². The highest BCUT2D eigenvalue weighted by atomic mass is 16.2. The van der Waals surface area contributed by atoms with E-state index in [1.54, 1.807) is 12.2 Å². The van der Waals surface area contributed by atoms with E-state index >= 15 is 0 Å². The van der Waals surface area contributed by atoms with Crippen LogP contribution in [0.15, 0.2) is 38.2 Å². The van der Waals surface area contributed by atoms with Gasteiger partial charge in [0.15, 0.2) is 0 Å². The first-order valence-corrected chi connectivity index (χ1v) is 1.82. The summed E-state index contributed by atoms with van der Waals surface area (Å²) in [7, 11) is 0. The number of rotatable bonds is 1. The normalized spacial score (nSPS) is 4.57. The van der Waals surface area contributed by atoms with Gasteiger partial charge in [-0.3, -0.25) is 0 Å². The second kappa shape index (κ2) is 19.9. The van der Waals surface area contributed by atoms with Gasteiger partial charge in [0.1, 0.15) is 0 Å². The van der Waals surface area contributed by atoms with Gasteiger partial charge in [-0.15, -0.1) is 0 Å². The zero-order valence-corrected chi connectivity index (χ0v) is 4.30. The largest absolute Gasteiger partial charge is 0.516 e. The minimum atomic E-state index is 0.750. The molecule has 0 atom stereocenters. The Morgan fingerprint density at radius 2 is 1.14 bits per heavy atom. The van der Waals surface area contributed by atoms with Gasteiger partial charge in [-0.25, -0.2) is 0 Å². The molecule has 0 aliphatic carbocycles. The molecule has 1 nitrogen and oxygen atoms in total. The van der Waals surface area contributed by atoms with Crippen LogP contribution in [0.3, 0.4) is 0 Å². The van der Waals surface area contributed by atoms with Gasteiger partial charge in [0.25, 0.3) is 0 Å². The molecule has 0 rings (SSSR count). The molecule has 1 heteroatoms. The van der Waals surface area contributed by atoms with Crippen molar-refractivity contribution in [1.82, 2.24) is 0 Å². The Labute approximate surface area is 44.3 Å². The van der Waals surface area contributed by atoms with Crippen molar-refractivity contribution < 1.29 is 5.11 Å². The van der Waals surface area contributed by atoms with Gasteiger partial charge in [-0.1, -0.05) is 31.9 Å². The van der Waals surface area contributed by atoms with Gasteiger partial charge in [0.2, 0.25) is 0 Å². The summed E-state index contributed by atoms with van der Waals surface area (Å²) in [5.41, 5.74) is 0. The van der Waals surface area contributed by atoms with Crippen molar-refractivity contribution in [3.8, 4) is 0 Å². The first-order valence-electron chi connectivity index (χ1n) is 1.82. The van der Waals surface area contributed by atoms with Gasteiger partial charge in [-0.05, 0) is 0 Å². The van der Waals surface area contributed by atoms with Gasteiger partial charge in [0, 0.05) is 0 Å². The summed E-state index contributed by atoms with van der Waals surface area (Å²) in [6.07, 6.45) is 4.03. The molecular weight excluding hydrogens is 88.1 g/mol. The zero-order chi connectivity index (χ0) is 6.12. The summed E-state index contributed by atoms with van der Waals surface area (Å²) in [6.45, 7) is 9.64. The van der Waals surface area contributed by atoms with Crippen LogP contribution in [-0.4, -0.2) is 5.11 Å². The molecule has 0 heterocycles. The number of allylic oxidation sites excluding steroid dienone is 2. The molecule has 0 aliphatic heterocycles. The number of aliphatic hydroxyl groups is 1. The van der Waals surface area contributed by atoms with Crippen molar-refractivity contribution >= 4 is 0 Å². The van der Waals surface area contributed by atoms with Crippen molar-refractivity contribution in [3.63, 3.8) is 0 Å². The van der Waals surface area contributed by atoms with Crippen LogP contribution in [0.1, 0.15) is 0 Å². The lowest BCUT2D eigenvalue weighted by Gasteiger charge is -1.44. The van der Waals surface area contributed by atoms with Crippen LogP contribution in [0.2, 0.25) is 0 Å². The third-order valence-corrected chi connectivity index (χ3v) is 0.167. The lowest BCUT2D eigenvalue weighted by Crippen LogP contribution is -1.25. The maximum Gasteiger partial charge on any atom is 0.0719 e. The average molecular weight is 98.1 g/mol. The summed E-state index contributed by atoms with van der Waals surface area (Å²) >= 11 is 0. The minimum Gasteiger partial charge on any atom is -0.516 e. The van der Waals surface area contributed by atoms with E-state index in [4.69, 9.17) is 5.11 Å². The second-order valence-corrected chi connectivity index (χ2v) is 0.654. The molecule has 0 unspecified atom stereocenters. The predicted octanol–water partition coefficient (Wildman–Crippen LogP) is 2.05. The second-order valence-electron chi connectivity index (χ2n) is 0.654. The molecule has 0 bridgehead atoms. The Kier molecular flexibility index (Phi) is 26.7. The highest BCUT2D eigenvalue weighted by Crippen LogP contribution is 1.52. The molecule has 40 valence electrons. The topological polar surface area (TPSA) is 20.2 Å². The summed E-state index contributed by atoms with van der Waals surface area (Å²) in [4.78, 5) is 0. The SMILES string of the molecule is C=CC=C.C=CO. The molecule has 0 saturated heterocycles. The quantitative estimate of drug-likeness (QED) is 0.393. The fraction of sp³-hybridized carbons (Fsp3) is 0. The maximum atomic E-state index is 7.33. The van der Waals surface area contributed by atoms with Crippen LogP contribution in [0.25, 0.3) is 0 Å². The highest BCUT2D eigenvalue weighted by molar-refractivity contribution is 4.88. The Morgan fingerprint density at radius 3 is 1.14 bits per heavy atom. The van der Waals surface area contributed by atoms with Crippen LogP contribution in [-0.2, 0) is 0 Å². The summed E-state index contributed by atoms with van der Waals surface area (Å²) in [5, 5.41) is 7.33. The summed E-state index contributed by atoms with van der Waals surface area (Å²) in [5.74, 6) is 0. The van der Waals surface area contributed by atoms with E-state index in [1.807, 2.05) is 0 Å². The lowest BCUT2D eigenvalue weighted by atomic mass is 10.6. The molecule has 0 aromatic carbocycles. The number of aliphatic hydroxyl groups excluding tert-OH is 1. The van der Waals surface area contributed by atoms with Crippen LogP contribution < -0.4 is 0 Å². The summed E-state index contributed by atoms with van der Waals surface area (Å²) in [6, 6.07) is 0. The Balaban J connectivity index is 0. The maximum absolute atomic E-state index is 7.33. The van der Waals surface area contributed by atoms with E-state index in [1.165, 1.54) is 0 Å². The average Bonchev–Trinajstić information content (AvgIpc) is 1.69. The van der Waals surface area contributed by atoms with Crippen LogP contribution in [0.5, 0.6) is 0 Å². The molecule has 7 heavy (non-hydrogen) atoms. The zero-order valence-electron chi connectivity index (χ0n) is 4.30. The molecular formula is C6H10O. The predicted molar refractivity (Wildman–Crippen MR) is 33.2 cm³/mol. The van der Waals surface area contributed by atoms with Gasteiger partial charge in [0.05, 0.1) is 6.26 Å². The van der Waals surface area contributed by atoms with E-state index < -0.39 is 0 Å². The third-order valence-electron chi connectivity index (χ3n) is 0.167. The molecule has 0 spiro atoms. The summed E-state index contributed by atoms with van der Waals surface area (Å²) < 4.78 is 0. The molecule has 0 amide bonds. The van der Waals surface area contributed by atoms with E-state index in [2.05, 4.69) is 19.7 Å². The van der Waals surface area contributed by atoms with Crippen LogP contribution in [0.4, 0.5) is 0 Å². The first-order chi connectivity index (χ1) is 3.33. The van der Waals surface area contributed by atoms with Crippen LogP contribution >= 0.6 is 0 Å². The van der Waals surface area contributed by atoms with E-state index in [9.17, 15) is 0 Å². The number of hydrogen-bond acceptors (Lipinski definition) is 1. The minimum absolute atomic E-state index is 0.750. The third kappa shape index (κ3) is 114000.